The molecule has 4 nitrogen and oxygen atoms in total. The van der Waals surface area contributed by atoms with Crippen LogP contribution in [0.3, 0.4) is 0 Å². The monoisotopic (exact) mass is 301 g/mol. The summed E-state index contributed by atoms with van der Waals surface area (Å²) >= 11 is 7.50. The summed E-state index contributed by atoms with van der Waals surface area (Å²) in [6.07, 6.45) is 2.39. The molecule has 2 N–H and O–H groups in total. The highest BCUT2D eigenvalue weighted by atomic mass is 35.5. The average molecular weight is 302 g/mol. The largest absolute Gasteiger partial charge is 0.480 e. The Morgan fingerprint density at radius 2 is 2.11 bits per heavy atom. The Bertz CT molecular complexity index is 453. The van der Waals surface area contributed by atoms with Gasteiger partial charge in [0, 0.05) is 5.02 Å². The second kappa shape index (κ2) is 8.07. The molecule has 1 aromatic rings. The van der Waals surface area contributed by atoms with Gasteiger partial charge in [-0.15, -0.1) is 0 Å². The molecule has 19 heavy (non-hydrogen) atoms. The quantitative estimate of drug-likeness (QED) is 0.810. The summed E-state index contributed by atoms with van der Waals surface area (Å²) in [6, 6.07) is 6.17. The minimum Gasteiger partial charge on any atom is -0.480 e. The SMILES string of the molecule is CSCC[C@@H](NC(=O)Cc1ccccc1Cl)C(=O)O. The van der Waals surface area contributed by atoms with Crippen LogP contribution >= 0.6 is 23.4 Å². The van der Waals surface area contributed by atoms with Crippen LogP contribution in [0.4, 0.5) is 0 Å². The van der Waals surface area contributed by atoms with E-state index in [1.54, 1.807) is 36.0 Å². The molecule has 0 aliphatic carbocycles. The van der Waals surface area contributed by atoms with Crippen molar-refractivity contribution >= 4 is 35.2 Å². The van der Waals surface area contributed by atoms with Gasteiger partial charge in [0.05, 0.1) is 6.42 Å². The van der Waals surface area contributed by atoms with Gasteiger partial charge in [-0.25, -0.2) is 4.79 Å². The minimum atomic E-state index is -1.01. The Kier molecular flexibility index (Phi) is 6.73. The third-order valence-electron chi connectivity index (χ3n) is 2.55. The zero-order valence-electron chi connectivity index (χ0n) is 10.6. The van der Waals surface area contributed by atoms with Crippen LogP contribution in [0.5, 0.6) is 0 Å². The van der Waals surface area contributed by atoms with Gasteiger partial charge < -0.3 is 10.4 Å². The van der Waals surface area contributed by atoms with Crippen molar-refractivity contribution in [2.45, 2.75) is 18.9 Å². The number of carbonyl (C=O) groups excluding carboxylic acids is 1. The van der Waals surface area contributed by atoms with Crippen molar-refractivity contribution < 1.29 is 14.7 Å². The number of nitrogens with one attached hydrogen (secondary N) is 1. The molecule has 1 atom stereocenters. The van der Waals surface area contributed by atoms with Crippen LogP contribution in [0.1, 0.15) is 12.0 Å². The first-order valence-electron chi connectivity index (χ1n) is 5.79. The highest BCUT2D eigenvalue weighted by Crippen LogP contribution is 2.15. The normalized spacial score (nSPS) is 11.9. The van der Waals surface area contributed by atoms with Crippen molar-refractivity contribution in [1.82, 2.24) is 5.32 Å². The fourth-order valence-electron chi connectivity index (χ4n) is 1.55. The van der Waals surface area contributed by atoms with E-state index in [2.05, 4.69) is 5.32 Å². The van der Waals surface area contributed by atoms with Gasteiger partial charge in [0.1, 0.15) is 6.04 Å². The van der Waals surface area contributed by atoms with E-state index in [-0.39, 0.29) is 12.3 Å². The maximum Gasteiger partial charge on any atom is 0.326 e. The molecular formula is C13H16ClNO3S. The maximum absolute atomic E-state index is 11.8. The van der Waals surface area contributed by atoms with Crippen LogP contribution in [0, 0.1) is 0 Å². The molecule has 0 aliphatic heterocycles. The molecule has 0 saturated heterocycles. The number of carbonyl (C=O) groups is 2. The van der Waals surface area contributed by atoms with Crippen LogP contribution in [-0.4, -0.2) is 35.0 Å². The molecule has 0 unspecified atom stereocenters. The standard InChI is InChI=1S/C13H16ClNO3S/c1-19-7-6-11(13(17)18)15-12(16)8-9-4-2-3-5-10(9)14/h2-5,11H,6-8H2,1H3,(H,15,16)(H,17,18)/t11-/m1/s1. The molecular weight excluding hydrogens is 286 g/mol. The number of hydrogen-bond donors (Lipinski definition) is 2. The van der Waals surface area contributed by atoms with E-state index in [0.29, 0.717) is 22.8 Å². The Labute approximate surface area is 121 Å². The van der Waals surface area contributed by atoms with Crippen molar-refractivity contribution in [2.24, 2.45) is 0 Å². The molecule has 0 bridgehead atoms. The molecule has 0 heterocycles. The fourth-order valence-corrected chi connectivity index (χ4v) is 2.23. The lowest BCUT2D eigenvalue weighted by molar-refractivity contribution is -0.141. The Hall–Kier alpha value is -1.20. The first kappa shape index (κ1) is 15.9. The average Bonchev–Trinajstić information content (AvgIpc) is 2.37. The summed E-state index contributed by atoms with van der Waals surface area (Å²) in [5.74, 6) is -0.660. The molecule has 0 saturated carbocycles. The molecule has 1 amide bonds. The van der Waals surface area contributed by atoms with E-state index in [9.17, 15) is 9.59 Å². The molecule has 6 heteroatoms. The van der Waals surface area contributed by atoms with E-state index in [1.807, 2.05) is 6.26 Å². The zero-order chi connectivity index (χ0) is 14.3. The topological polar surface area (TPSA) is 66.4 Å². The van der Waals surface area contributed by atoms with E-state index >= 15 is 0 Å². The molecule has 0 aliphatic rings. The summed E-state index contributed by atoms with van der Waals surface area (Å²) in [6.45, 7) is 0. The zero-order valence-corrected chi connectivity index (χ0v) is 12.1. The number of aliphatic carboxylic acids is 1. The van der Waals surface area contributed by atoms with E-state index < -0.39 is 12.0 Å². The van der Waals surface area contributed by atoms with Gasteiger partial charge in [0.15, 0.2) is 0 Å². The van der Waals surface area contributed by atoms with Crippen LogP contribution < -0.4 is 5.32 Å². The number of rotatable bonds is 7. The van der Waals surface area contributed by atoms with Gasteiger partial charge >= 0.3 is 5.97 Å². The van der Waals surface area contributed by atoms with Gasteiger partial charge in [-0.2, -0.15) is 11.8 Å². The van der Waals surface area contributed by atoms with E-state index in [1.165, 1.54) is 0 Å². The highest BCUT2D eigenvalue weighted by Gasteiger charge is 2.19. The van der Waals surface area contributed by atoms with Crippen LogP contribution in [0.25, 0.3) is 0 Å². The second-order valence-electron chi connectivity index (χ2n) is 4.01. The number of carboxylic acids is 1. The number of carboxylic acid groups (broad SMARTS) is 1. The van der Waals surface area contributed by atoms with E-state index in [0.717, 1.165) is 0 Å². The second-order valence-corrected chi connectivity index (χ2v) is 5.40. The number of benzene rings is 1. The Morgan fingerprint density at radius 1 is 1.42 bits per heavy atom. The minimum absolute atomic E-state index is 0.0860. The van der Waals surface area contributed by atoms with Gasteiger partial charge in [0.2, 0.25) is 5.91 Å². The molecule has 0 spiro atoms. The Balaban J connectivity index is 2.58. The predicted octanol–water partition coefficient (Wildman–Crippen LogP) is 2.20. The number of halogens is 1. The van der Waals surface area contributed by atoms with Crippen molar-refractivity contribution in [1.29, 1.82) is 0 Å². The fraction of sp³-hybridized carbons (Fsp3) is 0.385. The molecule has 1 aromatic carbocycles. The maximum atomic E-state index is 11.8. The van der Waals surface area contributed by atoms with Gasteiger partial charge in [0.25, 0.3) is 0 Å². The predicted molar refractivity (Wildman–Crippen MR) is 77.7 cm³/mol. The molecule has 0 radical (unpaired) electrons. The summed E-state index contributed by atoms with van der Waals surface area (Å²) in [7, 11) is 0. The lowest BCUT2D eigenvalue weighted by Gasteiger charge is -2.14. The molecule has 104 valence electrons. The lowest BCUT2D eigenvalue weighted by Crippen LogP contribution is -2.41. The van der Waals surface area contributed by atoms with Crippen molar-refractivity contribution in [2.75, 3.05) is 12.0 Å². The van der Waals surface area contributed by atoms with Crippen LogP contribution in [-0.2, 0) is 16.0 Å². The van der Waals surface area contributed by atoms with Gasteiger partial charge in [-0.05, 0) is 30.1 Å². The third-order valence-corrected chi connectivity index (χ3v) is 3.57. The Morgan fingerprint density at radius 3 is 2.68 bits per heavy atom. The van der Waals surface area contributed by atoms with Gasteiger partial charge in [-0.3, -0.25) is 4.79 Å². The lowest BCUT2D eigenvalue weighted by atomic mass is 10.1. The first-order chi connectivity index (χ1) is 9.04. The van der Waals surface area contributed by atoms with Crippen molar-refractivity contribution in [3.63, 3.8) is 0 Å². The summed E-state index contributed by atoms with van der Waals surface area (Å²) in [5, 5.41) is 12.0. The molecule has 0 aromatic heterocycles. The van der Waals surface area contributed by atoms with Crippen molar-refractivity contribution in [3.05, 3.63) is 34.9 Å². The van der Waals surface area contributed by atoms with Crippen molar-refractivity contribution in [3.8, 4) is 0 Å². The molecule has 1 rings (SSSR count). The van der Waals surface area contributed by atoms with E-state index in [4.69, 9.17) is 16.7 Å². The molecule has 0 fully saturated rings. The van der Waals surface area contributed by atoms with Gasteiger partial charge in [-0.1, -0.05) is 29.8 Å². The highest BCUT2D eigenvalue weighted by molar-refractivity contribution is 7.98. The van der Waals surface area contributed by atoms with Crippen LogP contribution in [0.15, 0.2) is 24.3 Å². The number of hydrogen-bond acceptors (Lipinski definition) is 3. The smallest absolute Gasteiger partial charge is 0.326 e. The summed E-state index contributed by atoms with van der Waals surface area (Å²) in [5.41, 5.74) is 0.690. The summed E-state index contributed by atoms with van der Waals surface area (Å²) < 4.78 is 0. The van der Waals surface area contributed by atoms with Crippen LogP contribution in [0.2, 0.25) is 5.02 Å². The first-order valence-corrected chi connectivity index (χ1v) is 7.56. The third kappa shape index (κ3) is 5.53. The summed E-state index contributed by atoms with van der Waals surface area (Å²) in [4.78, 5) is 22.8. The number of thioether (sulfide) groups is 1. The number of amides is 1.